The maximum atomic E-state index is 11.1. The van der Waals surface area contributed by atoms with Crippen molar-refractivity contribution in [2.24, 2.45) is 0 Å². The first-order chi connectivity index (χ1) is 8.93. The van der Waals surface area contributed by atoms with Crippen LogP contribution in [0.15, 0.2) is 6.20 Å². The molecule has 104 valence electrons. The normalized spacial score (nSPS) is 17.6. The zero-order valence-electron chi connectivity index (χ0n) is 11.8. The Kier molecular flexibility index (Phi) is 3.85. The van der Waals surface area contributed by atoms with Gasteiger partial charge in [0.1, 0.15) is 0 Å². The Morgan fingerprint density at radius 2 is 2.05 bits per heavy atom. The summed E-state index contributed by atoms with van der Waals surface area (Å²) in [4.78, 5) is 15.1. The highest BCUT2D eigenvalue weighted by Gasteiger charge is 2.28. The van der Waals surface area contributed by atoms with Crippen molar-refractivity contribution < 1.29 is 4.92 Å². The van der Waals surface area contributed by atoms with Gasteiger partial charge in [0.15, 0.2) is 0 Å². The number of aromatic nitrogens is 1. The summed E-state index contributed by atoms with van der Waals surface area (Å²) < 4.78 is 0. The van der Waals surface area contributed by atoms with E-state index in [1.165, 1.54) is 25.7 Å². The summed E-state index contributed by atoms with van der Waals surface area (Å²) in [6.45, 7) is 6.33. The monoisotopic (exact) mass is 263 g/mol. The predicted molar refractivity (Wildman–Crippen MR) is 74.1 cm³/mol. The Balaban J connectivity index is 2.17. The van der Waals surface area contributed by atoms with Crippen LogP contribution in [0.4, 0.5) is 5.69 Å². The number of aryl methyl sites for hydroxylation is 1. The second-order valence-electron chi connectivity index (χ2n) is 5.74. The number of nitrogens with zero attached hydrogens (tertiary/aromatic N) is 2. The largest absolute Gasteiger partial charge is 0.306 e. The van der Waals surface area contributed by atoms with Gasteiger partial charge in [0.25, 0.3) is 5.69 Å². The van der Waals surface area contributed by atoms with Crippen LogP contribution in [-0.4, -0.2) is 15.4 Å². The first-order valence-corrected chi connectivity index (χ1v) is 6.77. The number of hydrogen-bond donors (Lipinski definition) is 1. The molecular weight excluding hydrogens is 242 g/mol. The lowest BCUT2D eigenvalue weighted by molar-refractivity contribution is -0.386. The molecule has 1 aromatic rings. The molecule has 0 unspecified atom stereocenters. The van der Waals surface area contributed by atoms with Crippen LogP contribution in [-0.2, 0) is 6.54 Å². The molecular formula is C14H21N3O2. The topological polar surface area (TPSA) is 68.1 Å². The minimum atomic E-state index is -0.312. The van der Waals surface area contributed by atoms with Crippen molar-refractivity contribution in [3.8, 4) is 0 Å². The lowest BCUT2D eigenvalue weighted by atomic mass is 10.00. The highest BCUT2D eigenvalue weighted by Crippen LogP contribution is 2.30. The SMILES string of the molecule is Cc1cnc(CNC2(C)CCCC2)c(C)c1[N+](=O)[O-]. The van der Waals surface area contributed by atoms with E-state index >= 15 is 0 Å². The molecule has 1 aliphatic carbocycles. The van der Waals surface area contributed by atoms with Gasteiger partial charge < -0.3 is 5.32 Å². The second-order valence-corrected chi connectivity index (χ2v) is 5.74. The van der Waals surface area contributed by atoms with Crippen LogP contribution >= 0.6 is 0 Å². The fourth-order valence-corrected chi connectivity index (χ4v) is 2.85. The molecule has 1 saturated carbocycles. The van der Waals surface area contributed by atoms with Gasteiger partial charge >= 0.3 is 0 Å². The zero-order chi connectivity index (χ0) is 14.0. The summed E-state index contributed by atoms with van der Waals surface area (Å²) in [7, 11) is 0. The van der Waals surface area contributed by atoms with Gasteiger partial charge in [0.05, 0.1) is 10.6 Å². The molecule has 5 heteroatoms. The van der Waals surface area contributed by atoms with E-state index in [9.17, 15) is 10.1 Å². The van der Waals surface area contributed by atoms with Gasteiger partial charge in [-0.1, -0.05) is 12.8 Å². The van der Waals surface area contributed by atoms with Gasteiger partial charge in [-0.05, 0) is 33.6 Å². The number of pyridine rings is 1. The van der Waals surface area contributed by atoms with E-state index in [2.05, 4.69) is 17.2 Å². The van der Waals surface area contributed by atoms with E-state index in [1.807, 2.05) is 0 Å². The minimum absolute atomic E-state index is 0.161. The molecule has 2 rings (SSSR count). The molecule has 0 saturated heterocycles. The van der Waals surface area contributed by atoms with Crippen molar-refractivity contribution in [2.45, 2.75) is 58.5 Å². The highest BCUT2D eigenvalue weighted by molar-refractivity contribution is 5.47. The van der Waals surface area contributed by atoms with Crippen molar-refractivity contribution in [1.82, 2.24) is 10.3 Å². The van der Waals surface area contributed by atoms with Gasteiger partial charge in [0, 0.05) is 29.4 Å². The highest BCUT2D eigenvalue weighted by atomic mass is 16.6. The fourth-order valence-electron chi connectivity index (χ4n) is 2.85. The van der Waals surface area contributed by atoms with Crippen molar-refractivity contribution in [3.63, 3.8) is 0 Å². The van der Waals surface area contributed by atoms with Crippen LogP contribution in [0, 0.1) is 24.0 Å². The van der Waals surface area contributed by atoms with Crippen LogP contribution < -0.4 is 5.32 Å². The van der Waals surface area contributed by atoms with Crippen LogP contribution in [0.5, 0.6) is 0 Å². The van der Waals surface area contributed by atoms with Crippen LogP contribution in [0.3, 0.4) is 0 Å². The number of nitro groups is 1. The van der Waals surface area contributed by atoms with Gasteiger partial charge in [-0.25, -0.2) is 0 Å². The number of rotatable bonds is 4. The fraction of sp³-hybridized carbons (Fsp3) is 0.643. The molecule has 1 fully saturated rings. The maximum Gasteiger partial charge on any atom is 0.278 e. The Hall–Kier alpha value is -1.49. The Morgan fingerprint density at radius 3 is 2.63 bits per heavy atom. The summed E-state index contributed by atoms with van der Waals surface area (Å²) in [5.41, 5.74) is 2.44. The molecule has 0 aromatic carbocycles. The number of hydrogen-bond acceptors (Lipinski definition) is 4. The van der Waals surface area contributed by atoms with E-state index in [0.717, 1.165) is 5.69 Å². The van der Waals surface area contributed by atoms with E-state index in [0.29, 0.717) is 17.7 Å². The Morgan fingerprint density at radius 1 is 1.42 bits per heavy atom. The van der Waals surface area contributed by atoms with E-state index < -0.39 is 0 Å². The van der Waals surface area contributed by atoms with E-state index in [-0.39, 0.29) is 16.1 Å². The average molecular weight is 263 g/mol. The summed E-state index contributed by atoms with van der Waals surface area (Å²) in [5.74, 6) is 0. The zero-order valence-corrected chi connectivity index (χ0v) is 11.8. The first kappa shape index (κ1) is 13.9. The molecule has 1 N–H and O–H groups in total. The predicted octanol–water partition coefficient (Wildman–Crippen LogP) is 3.03. The molecule has 1 aliphatic rings. The molecule has 1 heterocycles. The van der Waals surface area contributed by atoms with Crippen molar-refractivity contribution >= 4 is 5.69 Å². The van der Waals surface area contributed by atoms with Gasteiger partial charge in [-0.15, -0.1) is 0 Å². The third-order valence-electron chi connectivity index (χ3n) is 4.15. The molecule has 0 bridgehead atoms. The standard InChI is InChI=1S/C14H21N3O2/c1-10-8-15-12(11(2)13(10)17(18)19)9-16-14(3)6-4-5-7-14/h8,16H,4-7,9H2,1-3H3. The van der Waals surface area contributed by atoms with Crippen molar-refractivity contribution in [2.75, 3.05) is 0 Å². The molecule has 0 aliphatic heterocycles. The van der Waals surface area contributed by atoms with E-state index in [4.69, 9.17) is 0 Å². The molecule has 0 amide bonds. The number of nitrogens with one attached hydrogen (secondary N) is 1. The summed E-state index contributed by atoms with van der Waals surface area (Å²) >= 11 is 0. The lowest BCUT2D eigenvalue weighted by Gasteiger charge is -2.25. The third-order valence-corrected chi connectivity index (χ3v) is 4.15. The summed E-state index contributed by atoms with van der Waals surface area (Å²) in [5, 5.41) is 14.6. The molecule has 19 heavy (non-hydrogen) atoms. The van der Waals surface area contributed by atoms with Crippen LogP contribution in [0.2, 0.25) is 0 Å². The smallest absolute Gasteiger partial charge is 0.278 e. The Labute approximate surface area is 113 Å². The van der Waals surface area contributed by atoms with Gasteiger partial charge in [-0.3, -0.25) is 15.1 Å². The van der Waals surface area contributed by atoms with Crippen molar-refractivity contribution in [3.05, 3.63) is 33.1 Å². The van der Waals surface area contributed by atoms with Crippen LogP contribution in [0.1, 0.15) is 49.4 Å². The Bertz CT molecular complexity index is 494. The van der Waals surface area contributed by atoms with E-state index in [1.54, 1.807) is 20.0 Å². The molecule has 0 spiro atoms. The summed E-state index contributed by atoms with van der Waals surface area (Å²) in [6, 6.07) is 0. The van der Waals surface area contributed by atoms with Gasteiger partial charge in [0.2, 0.25) is 0 Å². The lowest BCUT2D eigenvalue weighted by Crippen LogP contribution is -2.39. The molecule has 1 aromatic heterocycles. The maximum absolute atomic E-state index is 11.1. The molecule has 0 atom stereocenters. The quantitative estimate of drug-likeness (QED) is 0.669. The summed E-state index contributed by atoms with van der Waals surface area (Å²) in [6.07, 6.45) is 6.44. The van der Waals surface area contributed by atoms with Gasteiger partial charge in [-0.2, -0.15) is 0 Å². The average Bonchev–Trinajstić information content (AvgIpc) is 2.75. The first-order valence-electron chi connectivity index (χ1n) is 6.77. The molecule has 0 radical (unpaired) electrons. The second kappa shape index (κ2) is 5.25. The minimum Gasteiger partial charge on any atom is -0.306 e. The van der Waals surface area contributed by atoms with Crippen LogP contribution in [0.25, 0.3) is 0 Å². The van der Waals surface area contributed by atoms with Crippen molar-refractivity contribution in [1.29, 1.82) is 0 Å². The third kappa shape index (κ3) is 2.92. The molecule has 5 nitrogen and oxygen atoms in total.